The van der Waals surface area contributed by atoms with Gasteiger partial charge in [0, 0.05) is 10.4 Å². The molecule has 1 heterocycles. The lowest BCUT2D eigenvalue weighted by atomic mass is 9.78. The predicted molar refractivity (Wildman–Crippen MR) is 142 cm³/mol. The first-order chi connectivity index (χ1) is 17.2. The zero-order chi connectivity index (χ0) is 26.4. The monoisotopic (exact) mass is 611 g/mol. The van der Waals surface area contributed by atoms with E-state index in [0.29, 0.717) is 28.6 Å². The van der Waals surface area contributed by atoms with Crippen molar-refractivity contribution in [3.05, 3.63) is 67.1 Å². The van der Waals surface area contributed by atoms with Gasteiger partial charge in [-0.25, -0.2) is 0 Å². The van der Waals surface area contributed by atoms with Crippen molar-refractivity contribution in [2.24, 2.45) is 5.92 Å². The number of thioether (sulfide) groups is 1. The normalized spacial score (nSPS) is 17.2. The Hall–Kier alpha value is -2.71. The summed E-state index contributed by atoms with van der Waals surface area (Å²) in [6.45, 7) is 2.21. The lowest BCUT2D eigenvalue weighted by Crippen LogP contribution is -2.44. The Morgan fingerprint density at radius 3 is 2.58 bits per heavy atom. The highest BCUT2D eigenvalue weighted by Gasteiger charge is 2.44. The van der Waals surface area contributed by atoms with Crippen molar-refractivity contribution in [2.45, 2.75) is 12.8 Å². The number of benzene rings is 2. The maximum absolute atomic E-state index is 13.0. The number of allylic oxidation sites excluding steroid dienone is 1. The van der Waals surface area contributed by atoms with Crippen LogP contribution in [-0.2, 0) is 19.1 Å². The molecule has 0 spiro atoms. The minimum atomic E-state index is -1.32. The van der Waals surface area contributed by atoms with Gasteiger partial charge in [0.2, 0.25) is 11.8 Å². The standard InChI is InChI=1S/C24H20BrCl2N3O5S/c1-3-35-18-7-4-12(8-16(18)27)20-14(10-28)23(30-22(32)21(20)24(33)34-2)36-11-19(31)29-17-6-5-13(25)9-15(17)26/h4-9,20-21H,3,11H2,1-2H3,(H,29,31)(H,30,32)/t20-,21+/m1/s1. The van der Waals surface area contributed by atoms with E-state index in [1.807, 2.05) is 6.92 Å². The van der Waals surface area contributed by atoms with Crippen molar-refractivity contribution < 1.29 is 23.9 Å². The SMILES string of the molecule is CCOc1ccc([C@@H]2C(C#N)=C(SCC(=O)Nc3ccc(Br)cc3Cl)NC(=O)[C@H]2C(=O)OC)cc1Cl. The highest BCUT2D eigenvalue weighted by molar-refractivity contribution is 9.10. The van der Waals surface area contributed by atoms with Gasteiger partial charge in [0.1, 0.15) is 11.7 Å². The van der Waals surface area contributed by atoms with Gasteiger partial charge in [0.25, 0.3) is 0 Å². The number of ether oxygens (including phenoxy) is 2. The number of nitrogens with zero attached hydrogens (tertiary/aromatic N) is 1. The number of rotatable bonds is 8. The molecule has 36 heavy (non-hydrogen) atoms. The summed E-state index contributed by atoms with van der Waals surface area (Å²) in [6.07, 6.45) is 0. The summed E-state index contributed by atoms with van der Waals surface area (Å²) in [5.41, 5.74) is 0.972. The van der Waals surface area contributed by atoms with Crippen LogP contribution in [0.5, 0.6) is 5.75 Å². The van der Waals surface area contributed by atoms with Crippen molar-refractivity contribution in [3.63, 3.8) is 0 Å². The van der Waals surface area contributed by atoms with Crippen LogP contribution in [0.1, 0.15) is 18.4 Å². The molecule has 1 aliphatic heterocycles. The van der Waals surface area contributed by atoms with Crippen molar-refractivity contribution in [1.82, 2.24) is 5.32 Å². The van der Waals surface area contributed by atoms with Crippen LogP contribution in [-0.4, -0.2) is 37.3 Å². The van der Waals surface area contributed by atoms with E-state index in [1.54, 1.807) is 36.4 Å². The quantitative estimate of drug-likeness (QED) is 0.308. The summed E-state index contributed by atoms with van der Waals surface area (Å²) in [5.74, 6) is -3.87. The highest BCUT2D eigenvalue weighted by Crippen LogP contribution is 2.42. The Kier molecular flexibility index (Phi) is 9.68. The topological polar surface area (TPSA) is 118 Å². The molecule has 0 saturated carbocycles. The van der Waals surface area contributed by atoms with E-state index in [1.165, 1.54) is 0 Å². The molecule has 3 rings (SSSR count). The van der Waals surface area contributed by atoms with Crippen LogP contribution in [0.25, 0.3) is 0 Å². The van der Waals surface area contributed by atoms with Gasteiger partial charge in [-0.2, -0.15) is 5.26 Å². The number of halogens is 3. The summed E-state index contributed by atoms with van der Waals surface area (Å²) in [6, 6.07) is 11.9. The van der Waals surface area contributed by atoms with Crippen LogP contribution < -0.4 is 15.4 Å². The highest BCUT2D eigenvalue weighted by atomic mass is 79.9. The largest absolute Gasteiger partial charge is 0.492 e. The first kappa shape index (κ1) is 27.9. The summed E-state index contributed by atoms with van der Waals surface area (Å²) in [7, 11) is 1.16. The Balaban J connectivity index is 1.92. The molecular formula is C24H20BrCl2N3O5S. The van der Waals surface area contributed by atoms with Gasteiger partial charge in [0.05, 0.1) is 51.9 Å². The second-order valence-corrected chi connectivity index (χ2v) is 10.1. The van der Waals surface area contributed by atoms with Gasteiger partial charge in [-0.3, -0.25) is 14.4 Å². The third-order valence-corrected chi connectivity index (χ3v) is 7.27. The molecule has 1 aliphatic rings. The third kappa shape index (κ3) is 6.34. The van der Waals surface area contributed by atoms with Gasteiger partial charge in [-0.15, -0.1) is 0 Å². The summed E-state index contributed by atoms with van der Waals surface area (Å²) < 4.78 is 11.1. The molecule has 8 nitrogen and oxygen atoms in total. The zero-order valence-corrected chi connectivity index (χ0v) is 23.0. The molecule has 2 aromatic carbocycles. The Labute approximate surface area is 230 Å². The second-order valence-electron chi connectivity index (χ2n) is 7.41. The fraction of sp³-hybridized carbons (Fsp3) is 0.250. The number of hydrogen-bond donors (Lipinski definition) is 2. The number of nitrogens with one attached hydrogen (secondary N) is 2. The van der Waals surface area contributed by atoms with Crippen LogP contribution in [0.3, 0.4) is 0 Å². The minimum Gasteiger partial charge on any atom is -0.492 e. The summed E-state index contributed by atoms with van der Waals surface area (Å²) >= 11 is 16.8. The Morgan fingerprint density at radius 1 is 1.22 bits per heavy atom. The lowest BCUT2D eigenvalue weighted by molar-refractivity contribution is -0.150. The number of anilines is 1. The third-order valence-electron chi connectivity index (χ3n) is 5.15. The van der Waals surface area contributed by atoms with Gasteiger partial charge in [-0.1, -0.05) is 57.0 Å². The molecule has 0 unspecified atom stereocenters. The van der Waals surface area contributed by atoms with Crippen LogP contribution in [0, 0.1) is 17.2 Å². The number of hydrogen-bond acceptors (Lipinski definition) is 7. The molecule has 0 fully saturated rings. The van der Waals surface area contributed by atoms with Crippen molar-refractivity contribution >= 4 is 74.4 Å². The molecule has 2 aromatic rings. The zero-order valence-electron chi connectivity index (χ0n) is 19.1. The molecular weight excluding hydrogens is 593 g/mol. The number of amides is 2. The van der Waals surface area contributed by atoms with Crippen LogP contribution in [0.4, 0.5) is 5.69 Å². The Bertz CT molecular complexity index is 1280. The smallest absolute Gasteiger partial charge is 0.319 e. The number of esters is 1. The summed E-state index contributed by atoms with van der Waals surface area (Å²) in [4.78, 5) is 38.1. The molecule has 2 amide bonds. The van der Waals surface area contributed by atoms with E-state index >= 15 is 0 Å². The summed E-state index contributed by atoms with van der Waals surface area (Å²) in [5, 5.41) is 16.1. The van der Waals surface area contributed by atoms with E-state index < -0.39 is 29.6 Å². The fourth-order valence-corrected chi connectivity index (χ4v) is 5.39. The first-order valence-electron chi connectivity index (χ1n) is 10.5. The maximum atomic E-state index is 13.0. The maximum Gasteiger partial charge on any atom is 0.319 e. The molecule has 188 valence electrons. The van der Waals surface area contributed by atoms with Crippen molar-refractivity contribution in [1.29, 1.82) is 5.26 Å². The molecule has 0 radical (unpaired) electrons. The molecule has 0 bridgehead atoms. The average molecular weight is 613 g/mol. The van der Waals surface area contributed by atoms with Gasteiger partial charge in [0.15, 0.2) is 0 Å². The molecule has 2 atom stereocenters. The van der Waals surface area contributed by atoms with Crippen LogP contribution >= 0.6 is 50.9 Å². The van der Waals surface area contributed by atoms with E-state index in [-0.39, 0.29) is 21.4 Å². The van der Waals surface area contributed by atoms with E-state index in [9.17, 15) is 19.6 Å². The number of carbonyl (C=O) groups excluding carboxylic acids is 3. The van der Waals surface area contributed by atoms with Crippen molar-refractivity contribution in [3.8, 4) is 11.8 Å². The van der Waals surface area contributed by atoms with Crippen molar-refractivity contribution in [2.75, 3.05) is 24.8 Å². The fourth-order valence-electron chi connectivity index (χ4n) is 3.58. The lowest BCUT2D eigenvalue weighted by Gasteiger charge is -2.31. The molecule has 0 aromatic heterocycles. The van der Waals surface area contributed by atoms with Gasteiger partial charge in [-0.05, 0) is 42.8 Å². The van der Waals surface area contributed by atoms with Gasteiger partial charge < -0.3 is 20.1 Å². The molecule has 0 saturated heterocycles. The number of carbonyl (C=O) groups is 3. The molecule has 0 aliphatic carbocycles. The second kappa shape index (κ2) is 12.5. The van der Waals surface area contributed by atoms with Gasteiger partial charge >= 0.3 is 5.97 Å². The van der Waals surface area contributed by atoms with E-state index in [4.69, 9.17) is 32.7 Å². The first-order valence-corrected chi connectivity index (χ1v) is 13.1. The number of methoxy groups -OCH3 is 1. The minimum absolute atomic E-state index is 0.102. The number of nitriles is 1. The molecule has 2 N–H and O–H groups in total. The predicted octanol–water partition coefficient (Wildman–Crippen LogP) is 5.26. The van der Waals surface area contributed by atoms with E-state index in [0.717, 1.165) is 23.3 Å². The average Bonchev–Trinajstić information content (AvgIpc) is 2.84. The van der Waals surface area contributed by atoms with E-state index in [2.05, 4.69) is 32.6 Å². The Morgan fingerprint density at radius 2 is 1.97 bits per heavy atom. The molecule has 12 heteroatoms. The van der Waals surface area contributed by atoms with Crippen LogP contribution in [0.15, 0.2) is 51.5 Å². The van der Waals surface area contributed by atoms with Crippen LogP contribution in [0.2, 0.25) is 10.0 Å².